The Morgan fingerprint density at radius 1 is 1.00 bits per heavy atom. The smallest absolute Gasteiger partial charge is 0.357 e. The van der Waals surface area contributed by atoms with Crippen LogP contribution >= 0.6 is 0 Å². The summed E-state index contributed by atoms with van der Waals surface area (Å²) < 4.78 is 38.4. The minimum absolute atomic E-state index is 0.0383. The molecule has 2 aromatic carbocycles. The van der Waals surface area contributed by atoms with Crippen molar-refractivity contribution in [2.24, 2.45) is 5.92 Å². The van der Waals surface area contributed by atoms with Crippen molar-refractivity contribution in [3.8, 4) is 0 Å². The maximum atomic E-state index is 13.3. The van der Waals surface area contributed by atoms with E-state index in [1.54, 1.807) is 6.33 Å². The summed E-state index contributed by atoms with van der Waals surface area (Å²) in [5.41, 5.74) is 2.92. The van der Waals surface area contributed by atoms with Gasteiger partial charge in [0, 0.05) is 25.2 Å². The van der Waals surface area contributed by atoms with Gasteiger partial charge in [0.15, 0.2) is 0 Å². The average Bonchev–Trinajstić information content (AvgIpc) is 3.35. The molecule has 1 unspecified atom stereocenters. The van der Waals surface area contributed by atoms with E-state index >= 15 is 0 Å². The molecule has 0 spiro atoms. The van der Waals surface area contributed by atoms with Crippen LogP contribution in [0.1, 0.15) is 35.6 Å². The summed E-state index contributed by atoms with van der Waals surface area (Å²) in [7, 11) is 0. The molecule has 0 aliphatic carbocycles. The van der Waals surface area contributed by atoms with Crippen LogP contribution in [0.2, 0.25) is 0 Å². The summed E-state index contributed by atoms with van der Waals surface area (Å²) in [5.74, 6) is 0.262. The third-order valence-corrected chi connectivity index (χ3v) is 6.46. The molecule has 1 aliphatic heterocycles. The lowest BCUT2D eigenvalue weighted by molar-refractivity contribution is -0.137. The van der Waals surface area contributed by atoms with Crippen LogP contribution in [0.4, 0.5) is 19.0 Å². The van der Waals surface area contributed by atoms with Gasteiger partial charge in [-0.1, -0.05) is 36.4 Å². The number of nitrogens with one attached hydrogen (secondary N) is 2. The van der Waals surface area contributed by atoms with Crippen molar-refractivity contribution in [1.29, 1.82) is 0 Å². The van der Waals surface area contributed by atoms with Crippen molar-refractivity contribution in [3.05, 3.63) is 89.9 Å². The molecule has 4 aromatic rings. The molecule has 3 heterocycles. The summed E-state index contributed by atoms with van der Waals surface area (Å²) in [6, 6.07) is 17.8. The van der Waals surface area contributed by atoms with Gasteiger partial charge in [0.1, 0.15) is 5.82 Å². The van der Waals surface area contributed by atoms with Crippen LogP contribution in [-0.4, -0.2) is 33.9 Å². The zero-order valence-corrected chi connectivity index (χ0v) is 18.8. The summed E-state index contributed by atoms with van der Waals surface area (Å²) >= 11 is 0. The number of amides is 1. The highest BCUT2D eigenvalue weighted by molar-refractivity contribution is 5.81. The van der Waals surface area contributed by atoms with Crippen molar-refractivity contribution in [3.63, 3.8) is 0 Å². The van der Waals surface area contributed by atoms with Gasteiger partial charge in [0.05, 0.1) is 29.0 Å². The van der Waals surface area contributed by atoms with E-state index in [-0.39, 0.29) is 17.9 Å². The zero-order valence-electron chi connectivity index (χ0n) is 18.8. The minimum Gasteiger partial charge on any atom is -0.357 e. The van der Waals surface area contributed by atoms with Gasteiger partial charge >= 0.3 is 6.18 Å². The van der Waals surface area contributed by atoms with Crippen LogP contribution in [0.3, 0.4) is 0 Å². The number of carbonyl (C=O) groups is 1. The Morgan fingerprint density at radius 3 is 2.46 bits per heavy atom. The van der Waals surface area contributed by atoms with Crippen molar-refractivity contribution in [2.45, 2.75) is 25.1 Å². The van der Waals surface area contributed by atoms with E-state index in [9.17, 15) is 18.0 Å². The van der Waals surface area contributed by atoms with Crippen molar-refractivity contribution in [2.75, 3.05) is 18.0 Å². The average molecular weight is 480 g/mol. The number of pyridine rings is 1. The Balaban J connectivity index is 1.28. The molecule has 35 heavy (non-hydrogen) atoms. The maximum Gasteiger partial charge on any atom is 0.417 e. The van der Waals surface area contributed by atoms with Gasteiger partial charge in [-0.3, -0.25) is 4.79 Å². The zero-order chi connectivity index (χ0) is 24.4. The minimum atomic E-state index is -4.41. The highest BCUT2D eigenvalue weighted by Gasteiger charge is 2.32. The first-order valence-corrected chi connectivity index (χ1v) is 11.4. The Kier molecular flexibility index (Phi) is 6.15. The number of piperidine rings is 1. The summed E-state index contributed by atoms with van der Waals surface area (Å²) in [5, 5.41) is 3.22. The predicted molar refractivity (Wildman–Crippen MR) is 127 cm³/mol. The van der Waals surface area contributed by atoms with Gasteiger partial charge in [0.2, 0.25) is 5.91 Å². The highest BCUT2D eigenvalue weighted by Crippen LogP contribution is 2.31. The van der Waals surface area contributed by atoms with Gasteiger partial charge < -0.3 is 15.2 Å². The first-order valence-electron chi connectivity index (χ1n) is 11.4. The standard InChI is InChI=1S/C26H24F3N5O/c27-26(28,29)20-7-9-23(30-15-20)34-12-10-18(11-13-34)25(35)33-24(17-4-2-1-3-5-17)19-6-8-21-22(14-19)32-16-31-21/h1-9,14-16,18,24H,10-13H2,(H,31,32)(H,33,35). The lowest BCUT2D eigenvalue weighted by Crippen LogP contribution is -2.42. The molecule has 9 heteroatoms. The predicted octanol–water partition coefficient (Wildman–Crippen LogP) is 5.10. The molecule has 1 amide bonds. The molecule has 180 valence electrons. The van der Waals surface area contributed by atoms with Gasteiger partial charge in [-0.25, -0.2) is 9.97 Å². The number of hydrogen-bond acceptors (Lipinski definition) is 4. The second-order valence-electron chi connectivity index (χ2n) is 8.70. The highest BCUT2D eigenvalue weighted by atomic mass is 19.4. The van der Waals surface area contributed by atoms with E-state index in [1.165, 1.54) is 6.07 Å². The van der Waals surface area contributed by atoms with E-state index in [0.717, 1.165) is 34.4 Å². The first kappa shape index (κ1) is 22.9. The molecule has 6 nitrogen and oxygen atoms in total. The van der Waals surface area contributed by atoms with Gasteiger partial charge in [0.25, 0.3) is 0 Å². The number of rotatable bonds is 5. The number of imidazole rings is 1. The lowest BCUT2D eigenvalue weighted by Gasteiger charge is -2.33. The number of fused-ring (bicyclic) bond motifs is 1. The third-order valence-electron chi connectivity index (χ3n) is 6.46. The number of aromatic nitrogens is 3. The molecule has 0 radical (unpaired) electrons. The Morgan fingerprint density at radius 2 is 1.77 bits per heavy atom. The molecular weight excluding hydrogens is 455 g/mol. The Bertz CT molecular complexity index is 1300. The number of nitrogens with zero attached hydrogens (tertiary/aromatic N) is 3. The Hall–Kier alpha value is -3.88. The largest absolute Gasteiger partial charge is 0.417 e. The van der Waals surface area contributed by atoms with E-state index in [4.69, 9.17) is 0 Å². The summed E-state index contributed by atoms with van der Waals surface area (Å²) in [4.78, 5) is 26.6. The van der Waals surface area contributed by atoms with E-state index < -0.39 is 11.7 Å². The van der Waals surface area contributed by atoms with E-state index in [1.807, 2.05) is 53.4 Å². The van der Waals surface area contributed by atoms with Gasteiger partial charge in [-0.05, 0) is 48.2 Å². The number of H-pyrrole nitrogens is 1. The van der Waals surface area contributed by atoms with Crippen LogP contribution < -0.4 is 10.2 Å². The maximum absolute atomic E-state index is 13.3. The number of aromatic amines is 1. The van der Waals surface area contributed by atoms with Crippen molar-refractivity contribution >= 4 is 22.8 Å². The molecule has 0 saturated carbocycles. The monoisotopic (exact) mass is 479 g/mol. The van der Waals surface area contributed by atoms with Gasteiger partial charge in [-0.2, -0.15) is 13.2 Å². The first-order chi connectivity index (χ1) is 16.9. The van der Waals surface area contributed by atoms with Gasteiger partial charge in [-0.15, -0.1) is 0 Å². The molecule has 5 rings (SSSR count). The number of benzene rings is 2. The normalized spacial score (nSPS) is 15.8. The van der Waals surface area contributed by atoms with Crippen molar-refractivity contribution in [1.82, 2.24) is 20.3 Å². The SMILES string of the molecule is O=C(NC(c1ccccc1)c1ccc2nc[nH]c2c1)C1CCN(c2ccc(C(F)(F)F)cn2)CC1. The number of hydrogen-bond donors (Lipinski definition) is 2. The lowest BCUT2D eigenvalue weighted by atomic mass is 9.93. The molecule has 1 atom stereocenters. The number of alkyl halides is 3. The third kappa shape index (κ3) is 4.99. The number of halogens is 3. The van der Waals surface area contributed by atoms with Crippen LogP contribution in [0.5, 0.6) is 0 Å². The number of carbonyl (C=O) groups excluding carboxylic acids is 1. The molecular formula is C26H24F3N5O. The summed E-state index contributed by atoms with van der Waals surface area (Å²) in [6.45, 7) is 1.10. The van der Waals surface area contributed by atoms with Crippen molar-refractivity contribution < 1.29 is 18.0 Å². The van der Waals surface area contributed by atoms with Crippen LogP contribution in [0.15, 0.2) is 73.2 Å². The van der Waals surface area contributed by atoms with Crippen LogP contribution in [-0.2, 0) is 11.0 Å². The second-order valence-corrected chi connectivity index (χ2v) is 8.70. The fourth-order valence-corrected chi connectivity index (χ4v) is 4.51. The molecule has 1 saturated heterocycles. The quantitative estimate of drug-likeness (QED) is 0.418. The van der Waals surface area contributed by atoms with Crippen LogP contribution in [0.25, 0.3) is 11.0 Å². The van der Waals surface area contributed by atoms with E-state index in [0.29, 0.717) is 31.7 Å². The molecule has 1 aliphatic rings. The molecule has 0 bridgehead atoms. The topological polar surface area (TPSA) is 73.9 Å². The fraction of sp³-hybridized carbons (Fsp3) is 0.269. The van der Waals surface area contributed by atoms with E-state index in [2.05, 4.69) is 20.3 Å². The second kappa shape index (κ2) is 9.40. The van der Waals surface area contributed by atoms with Crippen LogP contribution in [0, 0.1) is 5.92 Å². The Labute approximate surface area is 200 Å². The molecule has 2 aromatic heterocycles. The fourth-order valence-electron chi connectivity index (χ4n) is 4.51. The summed E-state index contributed by atoms with van der Waals surface area (Å²) in [6.07, 6.45) is -0.724. The molecule has 2 N–H and O–H groups in total. The molecule has 1 fully saturated rings. The number of anilines is 1.